The minimum atomic E-state index is -0.733. The summed E-state index contributed by atoms with van der Waals surface area (Å²) in [4.78, 5) is 29.9. The van der Waals surface area contributed by atoms with Gasteiger partial charge in [0.1, 0.15) is 6.04 Å². The fourth-order valence-corrected chi connectivity index (χ4v) is 4.37. The molecule has 1 fully saturated rings. The number of carbonyl (C=O) groups excluding carboxylic acids is 2. The van der Waals surface area contributed by atoms with E-state index in [1.165, 1.54) is 0 Å². The van der Waals surface area contributed by atoms with Gasteiger partial charge < -0.3 is 15.5 Å². The van der Waals surface area contributed by atoms with E-state index in [0.717, 1.165) is 11.1 Å². The van der Waals surface area contributed by atoms with Crippen molar-refractivity contribution in [2.45, 2.75) is 30.7 Å². The highest BCUT2D eigenvalue weighted by atomic mass is 35.5. The molecule has 0 radical (unpaired) electrons. The number of primary amides is 1. The lowest BCUT2D eigenvalue weighted by Crippen LogP contribution is -2.54. The predicted octanol–water partition coefficient (Wildman–Crippen LogP) is 3.51. The maximum absolute atomic E-state index is 13.8. The summed E-state index contributed by atoms with van der Waals surface area (Å²) >= 11 is 12.5. The average Bonchev–Trinajstić information content (AvgIpc) is 3.49. The van der Waals surface area contributed by atoms with Crippen molar-refractivity contribution in [3.8, 4) is 0 Å². The van der Waals surface area contributed by atoms with E-state index in [1.807, 2.05) is 55.4 Å². The van der Waals surface area contributed by atoms with Crippen molar-refractivity contribution < 1.29 is 9.59 Å². The van der Waals surface area contributed by atoms with E-state index >= 15 is 0 Å². The predicted molar refractivity (Wildman–Crippen MR) is 121 cm³/mol. The molecule has 0 heterocycles. The molecule has 1 aliphatic rings. The summed E-state index contributed by atoms with van der Waals surface area (Å²) in [6.45, 7) is 1.02. The number of hydrogen-bond donors (Lipinski definition) is 1. The largest absolute Gasteiger partial charge is 0.368 e. The van der Waals surface area contributed by atoms with Gasteiger partial charge in [-0.3, -0.25) is 9.59 Å². The first-order chi connectivity index (χ1) is 14.2. The van der Waals surface area contributed by atoms with Gasteiger partial charge in [0.2, 0.25) is 11.8 Å². The standard InChI is InChI=1S/C23H27Cl2N3O2/c1-27(2)12-13-28(20(21(26)29)14-16-6-4-3-5-7-16)22(30)23(10-11-23)18-9-8-17(24)15-19(18)25/h3-9,15,20H,10-14H2,1-2H3,(H2,26,29)/t20-/m0/s1. The maximum atomic E-state index is 13.8. The van der Waals surface area contributed by atoms with E-state index in [4.69, 9.17) is 28.9 Å². The molecule has 5 nitrogen and oxygen atoms in total. The van der Waals surface area contributed by atoms with Crippen molar-refractivity contribution >= 4 is 35.0 Å². The van der Waals surface area contributed by atoms with Crippen molar-refractivity contribution in [1.29, 1.82) is 0 Å². The van der Waals surface area contributed by atoms with Crippen molar-refractivity contribution in [2.75, 3.05) is 27.2 Å². The number of carbonyl (C=O) groups is 2. The zero-order chi connectivity index (χ0) is 21.9. The first-order valence-corrected chi connectivity index (χ1v) is 10.7. The van der Waals surface area contributed by atoms with Crippen LogP contribution in [0.25, 0.3) is 0 Å². The third-order valence-electron chi connectivity index (χ3n) is 5.63. The van der Waals surface area contributed by atoms with Crippen LogP contribution in [-0.4, -0.2) is 54.8 Å². The topological polar surface area (TPSA) is 66.6 Å². The Labute approximate surface area is 187 Å². The summed E-state index contributed by atoms with van der Waals surface area (Å²) < 4.78 is 0. The number of likely N-dealkylation sites (N-methyl/N-ethyl adjacent to an activating group) is 1. The fraction of sp³-hybridized carbons (Fsp3) is 0.391. The Kier molecular flexibility index (Phi) is 7.06. The number of nitrogens with zero attached hydrogens (tertiary/aromatic N) is 2. The average molecular weight is 448 g/mol. The van der Waals surface area contributed by atoms with E-state index in [-0.39, 0.29) is 5.91 Å². The molecule has 30 heavy (non-hydrogen) atoms. The van der Waals surface area contributed by atoms with Crippen molar-refractivity contribution in [3.05, 3.63) is 69.7 Å². The lowest BCUT2D eigenvalue weighted by Gasteiger charge is -2.34. The fourth-order valence-electron chi connectivity index (χ4n) is 3.78. The van der Waals surface area contributed by atoms with Gasteiger partial charge in [0.15, 0.2) is 0 Å². The van der Waals surface area contributed by atoms with Crippen LogP contribution in [0.3, 0.4) is 0 Å². The van der Waals surface area contributed by atoms with Gasteiger partial charge in [-0.15, -0.1) is 0 Å². The van der Waals surface area contributed by atoms with Crippen LogP contribution in [0.1, 0.15) is 24.0 Å². The van der Waals surface area contributed by atoms with E-state index < -0.39 is 17.4 Å². The van der Waals surface area contributed by atoms with Gasteiger partial charge >= 0.3 is 0 Å². The number of hydrogen-bond acceptors (Lipinski definition) is 3. The van der Waals surface area contributed by atoms with Crippen molar-refractivity contribution in [1.82, 2.24) is 9.80 Å². The monoisotopic (exact) mass is 447 g/mol. The molecular formula is C23H27Cl2N3O2. The Morgan fingerprint density at radius 2 is 1.73 bits per heavy atom. The van der Waals surface area contributed by atoms with Crippen LogP contribution in [0.5, 0.6) is 0 Å². The zero-order valence-electron chi connectivity index (χ0n) is 17.3. The number of benzene rings is 2. The first-order valence-electron chi connectivity index (χ1n) is 9.99. The molecule has 2 amide bonds. The van der Waals surface area contributed by atoms with Crippen LogP contribution < -0.4 is 5.73 Å². The molecule has 0 aliphatic heterocycles. The molecule has 3 rings (SSSR count). The van der Waals surface area contributed by atoms with Gasteiger partial charge in [-0.25, -0.2) is 0 Å². The summed E-state index contributed by atoms with van der Waals surface area (Å²) in [6, 6.07) is 14.1. The zero-order valence-corrected chi connectivity index (χ0v) is 18.8. The van der Waals surface area contributed by atoms with E-state index in [2.05, 4.69) is 0 Å². The second-order valence-electron chi connectivity index (χ2n) is 8.12. The van der Waals surface area contributed by atoms with E-state index in [0.29, 0.717) is 42.4 Å². The van der Waals surface area contributed by atoms with Crippen LogP contribution in [0, 0.1) is 0 Å². The van der Waals surface area contributed by atoms with Crippen LogP contribution in [0.15, 0.2) is 48.5 Å². The van der Waals surface area contributed by atoms with Gasteiger partial charge in [-0.05, 0) is 50.2 Å². The molecule has 0 aromatic heterocycles. The highest BCUT2D eigenvalue weighted by Gasteiger charge is 2.55. The van der Waals surface area contributed by atoms with Gasteiger partial charge in [-0.2, -0.15) is 0 Å². The highest BCUT2D eigenvalue weighted by molar-refractivity contribution is 6.35. The minimum Gasteiger partial charge on any atom is -0.368 e. The van der Waals surface area contributed by atoms with Crippen molar-refractivity contribution in [3.63, 3.8) is 0 Å². The number of nitrogens with two attached hydrogens (primary N) is 1. The van der Waals surface area contributed by atoms with E-state index in [1.54, 1.807) is 17.0 Å². The molecule has 2 aromatic rings. The van der Waals surface area contributed by atoms with Gasteiger partial charge in [0.05, 0.1) is 5.41 Å². The van der Waals surface area contributed by atoms with Crippen LogP contribution >= 0.6 is 23.2 Å². The molecule has 7 heteroatoms. The first kappa shape index (κ1) is 22.6. The summed E-state index contributed by atoms with van der Waals surface area (Å²) in [5.41, 5.74) is 6.79. The number of amides is 2. The highest BCUT2D eigenvalue weighted by Crippen LogP contribution is 2.52. The van der Waals surface area contributed by atoms with Crippen LogP contribution in [0.4, 0.5) is 0 Å². The molecule has 0 spiro atoms. The molecule has 1 saturated carbocycles. The van der Waals surface area contributed by atoms with Crippen LogP contribution in [-0.2, 0) is 21.4 Å². The Bertz CT molecular complexity index is 914. The number of halogens is 2. The normalized spacial score (nSPS) is 15.6. The Balaban J connectivity index is 1.95. The second kappa shape index (κ2) is 9.38. The summed E-state index contributed by atoms with van der Waals surface area (Å²) in [7, 11) is 3.87. The summed E-state index contributed by atoms with van der Waals surface area (Å²) in [5, 5.41) is 0.996. The quantitative estimate of drug-likeness (QED) is 0.639. The Hall–Kier alpha value is -2.08. The molecule has 160 valence electrons. The molecular weight excluding hydrogens is 421 g/mol. The molecule has 1 atom stereocenters. The third-order valence-corrected chi connectivity index (χ3v) is 6.18. The van der Waals surface area contributed by atoms with Crippen molar-refractivity contribution in [2.24, 2.45) is 5.73 Å². The summed E-state index contributed by atoms with van der Waals surface area (Å²) in [5.74, 6) is -0.614. The second-order valence-corrected chi connectivity index (χ2v) is 8.96. The third kappa shape index (κ3) is 4.97. The molecule has 0 unspecified atom stereocenters. The smallest absolute Gasteiger partial charge is 0.240 e. The van der Waals surface area contributed by atoms with Crippen LogP contribution in [0.2, 0.25) is 10.0 Å². The molecule has 0 saturated heterocycles. The Morgan fingerprint density at radius 1 is 1.07 bits per heavy atom. The Morgan fingerprint density at radius 3 is 2.27 bits per heavy atom. The molecule has 1 aliphatic carbocycles. The number of rotatable bonds is 9. The summed E-state index contributed by atoms with van der Waals surface area (Å²) in [6.07, 6.45) is 1.74. The minimum absolute atomic E-state index is 0.103. The van der Waals surface area contributed by atoms with E-state index in [9.17, 15) is 9.59 Å². The molecule has 0 bridgehead atoms. The molecule has 2 aromatic carbocycles. The van der Waals surface area contributed by atoms with Gasteiger partial charge in [0.25, 0.3) is 0 Å². The lowest BCUT2D eigenvalue weighted by atomic mass is 9.92. The lowest BCUT2D eigenvalue weighted by molar-refractivity contribution is -0.141. The van der Waals surface area contributed by atoms with Gasteiger partial charge in [-0.1, -0.05) is 59.6 Å². The maximum Gasteiger partial charge on any atom is 0.240 e. The molecule has 2 N–H and O–H groups in total. The SMILES string of the molecule is CN(C)CCN(C(=O)C1(c2ccc(Cl)cc2Cl)CC1)[C@@H](Cc1ccccc1)C(N)=O. The van der Waals surface area contributed by atoms with Gasteiger partial charge in [0, 0.05) is 29.6 Å².